The number of benzene rings is 2. The molecule has 1 fully saturated rings. The second kappa shape index (κ2) is 10.7. The Morgan fingerprint density at radius 2 is 1.76 bits per heavy atom. The van der Waals surface area contributed by atoms with Gasteiger partial charge in [-0.3, -0.25) is 4.79 Å². The van der Waals surface area contributed by atoms with E-state index in [1.54, 1.807) is 0 Å². The third kappa shape index (κ3) is 5.64. The molecule has 194 valence electrons. The van der Waals surface area contributed by atoms with Crippen LogP contribution in [0.4, 0.5) is 19.0 Å². The molecule has 0 amide bonds. The number of carbonyl (C=O) groups excluding carboxylic acids is 1. The standard InChI is InChI=1S/C26H24F3N5O.CH4O/c1-15-5-3-4-6-20(15)25-33-24-22(23(31-21(14-35)32-24)30-16(2)18-9-10-18)34(25)13-17-7-11-19(12-8-17)26(27,28)29;1-2/h3-8,11-12,14,16,18H,9-10,13H2,1-2H3,(H,30,31,32);2H,1H3/t16-;/m1./s1. The number of carbonyl (C=O) groups is 1. The molecule has 2 N–H and O–H groups in total. The van der Waals surface area contributed by atoms with Crippen molar-refractivity contribution in [3.05, 3.63) is 71.0 Å². The van der Waals surface area contributed by atoms with Crippen LogP contribution in [0.2, 0.25) is 0 Å². The third-order valence-electron chi connectivity index (χ3n) is 6.43. The Kier molecular flexibility index (Phi) is 7.58. The predicted molar refractivity (Wildman–Crippen MR) is 135 cm³/mol. The number of aryl methyl sites for hydroxylation is 1. The Balaban J connectivity index is 0.00000156. The highest BCUT2D eigenvalue weighted by molar-refractivity contribution is 5.89. The maximum atomic E-state index is 13.1. The lowest BCUT2D eigenvalue weighted by Crippen LogP contribution is -2.20. The minimum Gasteiger partial charge on any atom is -0.400 e. The molecule has 0 saturated heterocycles. The van der Waals surface area contributed by atoms with Crippen LogP contribution in [0.5, 0.6) is 0 Å². The molecule has 1 aliphatic rings. The van der Waals surface area contributed by atoms with Crippen molar-refractivity contribution in [2.75, 3.05) is 12.4 Å². The Hall–Kier alpha value is -3.79. The van der Waals surface area contributed by atoms with Gasteiger partial charge >= 0.3 is 6.18 Å². The first kappa shape index (κ1) is 26.3. The van der Waals surface area contributed by atoms with Crippen molar-refractivity contribution in [3.63, 3.8) is 0 Å². The Morgan fingerprint density at radius 3 is 2.35 bits per heavy atom. The number of nitrogens with zero attached hydrogens (tertiary/aromatic N) is 4. The van der Waals surface area contributed by atoms with E-state index in [0.717, 1.165) is 43.2 Å². The van der Waals surface area contributed by atoms with Crippen LogP contribution in [-0.4, -0.2) is 44.1 Å². The number of halogens is 3. The molecule has 0 spiro atoms. The second-order valence-electron chi connectivity index (χ2n) is 9.02. The Bertz CT molecular complexity index is 1400. The summed E-state index contributed by atoms with van der Waals surface area (Å²) in [4.78, 5) is 25.1. The molecular formula is C27H28F3N5O2. The van der Waals surface area contributed by atoms with Crippen LogP contribution < -0.4 is 5.32 Å². The molecule has 2 aromatic carbocycles. The van der Waals surface area contributed by atoms with E-state index in [4.69, 9.17) is 10.1 Å². The lowest BCUT2D eigenvalue weighted by Gasteiger charge is -2.17. The molecule has 0 aliphatic heterocycles. The first-order chi connectivity index (χ1) is 17.7. The molecule has 0 radical (unpaired) electrons. The molecule has 1 saturated carbocycles. The number of aliphatic hydroxyl groups is 1. The van der Waals surface area contributed by atoms with Crippen molar-refractivity contribution in [1.29, 1.82) is 0 Å². The maximum Gasteiger partial charge on any atom is 0.416 e. The molecular weight excluding hydrogens is 483 g/mol. The molecule has 2 aromatic heterocycles. The van der Waals surface area contributed by atoms with E-state index in [1.165, 1.54) is 12.1 Å². The van der Waals surface area contributed by atoms with Crippen molar-refractivity contribution in [3.8, 4) is 11.4 Å². The fraction of sp³-hybridized carbons (Fsp3) is 0.333. The topological polar surface area (TPSA) is 92.9 Å². The number of nitrogens with one attached hydrogen (secondary N) is 1. The first-order valence-corrected chi connectivity index (χ1v) is 11.9. The summed E-state index contributed by atoms with van der Waals surface area (Å²) in [5, 5.41) is 10.4. The van der Waals surface area contributed by atoms with Crippen LogP contribution in [0.3, 0.4) is 0 Å². The van der Waals surface area contributed by atoms with Gasteiger partial charge in [-0.1, -0.05) is 36.4 Å². The van der Waals surface area contributed by atoms with Gasteiger partial charge < -0.3 is 15.0 Å². The van der Waals surface area contributed by atoms with Gasteiger partial charge in [0.15, 0.2) is 23.6 Å². The first-order valence-electron chi connectivity index (χ1n) is 11.9. The Morgan fingerprint density at radius 1 is 1.08 bits per heavy atom. The molecule has 37 heavy (non-hydrogen) atoms. The number of aldehydes is 1. The van der Waals surface area contributed by atoms with Crippen LogP contribution in [0.15, 0.2) is 48.5 Å². The summed E-state index contributed by atoms with van der Waals surface area (Å²) in [5.74, 6) is 1.66. The van der Waals surface area contributed by atoms with Crippen molar-refractivity contribution >= 4 is 23.3 Å². The summed E-state index contributed by atoms with van der Waals surface area (Å²) in [6.07, 6.45) is -1.55. The number of fused-ring (bicyclic) bond motifs is 1. The molecule has 5 rings (SSSR count). The number of anilines is 1. The van der Waals surface area contributed by atoms with Crippen molar-refractivity contribution in [2.45, 2.75) is 45.5 Å². The molecule has 0 unspecified atom stereocenters. The number of hydrogen-bond donors (Lipinski definition) is 2. The average Bonchev–Trinajstić information content (AvgIpc) is 3.68. The minimum absolute atomic E-state index is 0.0264. The molecule has 1 atom stereocenters. The van der Waals surface area contributed by atoms with Gasteiger partial charge in [0.05, 0.1) is 5.56 Å². The predicted octanol–water partition coefficient (Wildman–Crippen LogP) is 5.50. The lowest BCUT2D eigenvalue weighted by molar-refractivity contribution is -0.137. The van der Waals surface area contributed by atoms with Crippen LogP contribution in [0.1, 0.15) is 47.1 Å². The fourth-order valence-electron chi connectivity index (χ4n) is 4.30. The lowest BCUT2D eigenvalue weighted by atomic mass is 10.1. The number of imidazole rings is 1. The van der Waals surface area contributed by atoms with Crippen LogP contribution >= 0.6 is 0 Å². The van der Waals surface area contributed by atoms with E-state index < -0.39 is 11.7 Å². The number of rotatable bonds is 7. The van der Waals surface area contributed by atoms with Crippen molar-refractivity contribution < 1.29 is 23.1 Å². The second-order valence-corrected chi connectivity index (χ2v) is 9.02. The summed E-state index contributed by atoms with van der Waals surface area (Å²) in [7, 11) is 1.00. The molecule has 2 heterocycles. The molecule has 4 aromatic rings. The summed E-state index contributed by atoms with van der Waals surface area (Å²) >= 11 is 0. The monoisotopic (exact) mass is 511 g/mol. The SMILES string of the molecule is CO.Cc1ccccc1-c1nc2nc(C=O)nc(N[C@H](C)C3CC3)c2n1Cc1ccc(C(F)(F)F)cc1. The highest BCUT2D eigenvalue weighted by Crippen LogP contribution is 2.36. The van der Waals surface area contributed by atoms with Gasteiger partial charge in [0.2, 0.25) is 0 Å². The number of alkyl halides is 3. The smallest absolute Gasteiger partial charge is 0.400 e. The number of hydrogen-bond acceptors (Lipinski definition) is 6. The summed E-state index contributed by atoms with van der Waals surface area (Å²) in [6.45, 7) is 4.30. The van der Waals surface area contributed by atoms with Crippen molar-refractivity contribution in [1.82, 2.24) is 19.5 Å². The van der Waals surface area contributed by atoms with Gasteiger partial charge in [0, 0.05) is 25.3 Å². The molecule has 0 bridgehead atoms. The zero-order valence-electron chi connectivity index (χ0n) is 20.8. The van der Waals surface area contributed by atoms with Gasteiger partial charge in [-0.15, -0.1) is 0 Å². The molecule has 7 nitrogen and oxygen atoms in total. The van der Waals surface area contributed by atoms with E-state index in [0.29, 0.717) is 40.6 Å². The summed E-state index contributed by atoms with van der Waals surface area (Å²) < 4.78 is 41.2. The van der Waals surface area contributed by atoms with E-state index in [1.807, 2.05) is 35.8 Å². The zero-order valence-corrected chi connectivity index (χ0v) is 20.8. The third-order valence-corrected chi connectivity index (χ3v) is 6.43. The summed E-state index contributed by atoms with van der Waals surface area (Å²) in [6, 6.07) is 13.0. The van der Waals surface area contributed by atoms with Gasteiger partial charge in [0.1, 0.15) is 11.3 Å². The van der Waals surface area contributed by atoms with Gasteiger partial charge in [-0.05, 0) is 55.9 Å². The van der Waals surface area contributed by atoms with Gasteiger partial charge in [-0.25, -0.2) is 15.0 Å². The summed E-state index contributed by atoms with van der Waals surface area (Å²) in [5.41, 5.74) is 2.80. The van der Waals surface area contributed by atoms with E-state index >= 15 is 0 Å². The fourth-order valence-corrected chi connectivity index (χ4v) is 4.30. The normalized spacial score (nSPS) is 14.1. The largest absolute Gasteiger partial charge is 0.416 e. The average molecular weight is 512 g/mol. The van der Waals surface area contributed by atoms with Crippen LogP contribution in [-0.2, 0) is 12.7 Å². The van der Waals surface area contributed by atoms with Crippen molar-refractivity contribution in [2.24, 2.45) is 5.92 Å². The highest BCUT2D eigenvalue weighted by Gasteiger charge is 2.31. The maximum absolute atomic E-state index is 13.1. The van der Waals surface area contributed by atoms with Gasteiger partial charge in [-0.2, -0.15) is 13.2 Å². The minimum atomic E-state index is -4.40. The van der Waals surface area contributed by atoms with E-state index in [-0.39, 0.29) is 18.4 Å². The van der Waals surface area contributed by atoms with Crippen LogP contribution in [0.25, 0.3) is 22.6 Å². The zero-order chi connectivity index (χ0) is 26.7. The van der Waals surface area contributed by atoms with E-state index in [9.17, 15) is 18.0 Å². The molecule has 1 aliphatic carbocycles. The van der Waals surface area contributed by atoms with E-state index in [2.05, 4.69) is 22.2 Å². The molecule has 10 heteroatoms. The highest BCUT2D eigenvalue weighted by atomic mass is 19.4. The van der Waals surface area contributed by atoms with Crippen LogP contribution in [0, 0.1) is 12.8 Å². The Labute approximate surface area is 212 Å². The quantitative estimate of drug-likeness (QED) is 0.318. The number of aromatic nitrogens is 4. The van der Waals surface area contributed by atoms with Gasteiger partial charge in [0.25, 0.3) is 0 Å². The number of aliphatic hydroxyl groups excluding tert-OH is 1.